The molecule has 0 N–H and O–H groups in total. The van der Waals surface area contributed by atoms with Crippen molar-refractivity contribution in [1.29, 1.82) is 0 Å². The van der Waals surface area contributed by atoms with Crippen LogP contribution >= 0.6 is 11.8 Å². The third-order valence-electron chi connectivity index (χ3n) is 1.64. The van der Waals surface area contributed by atoms with Crippen molar-refractivity contribution in [2.45, 2.75) is 4.90 Å². The minimum absolute atomic E-state index is 0.274. The summed E-state index contributed by atoms with van der Waals surface area (Å²) in [5.74, 6) is 0.274. The van der Waals surface area contributed by atoms with E-state index in [0.717, 1.165) is 4.90 Å². The van der Waals surface area contributed by atoms with E-state index in [9.17, 15) is 4.39 Å². The summed E-state index contributed by atoms with van der Waals surface area (Å²) >= 11 is 1.49. The van der Waals surface area contributed by atoms with Gasteiger partial charge in [-0.05, 0) is 18.4 Å². The van der Waals surface area contributed by atoms with E-state index in [1.807, 2.05) is 12.3 Å². The summed E-state index contributed by atoms with van der Waals surface area (Å²) in [6, 6.07) is 4.66. The molecule has 0 aliphatic rings. The predicted molar refractivity (Wildman–Crippen MR) is 55.6 cm³/mol. The second-order valence-corrected chi connectivity index (χ2v) is 3.55. The van der Waals surface area contributed by atoms with Gasteiger partial charge in [-0.1, -0.05) is 0 Å². The van der Waals surface area contributed by atoms with E-state index in [1.54, 1.807) is 7.11 Å². The van der Waals surface area contributed by atoms with Gasteiger partial charge in [-0.2, -0.15) is 0 Å². The Balaban J connectivity index is 2.62. The molecule has 0 saturated carbocycles. The molecule has 0 amide bonds. The van der Waals surface area contributed by atoms with E-state index in [4.69, 9.17) is 9.47 Å². The molecule has 14 heavy (non-hydrogen) atoms. The van der Waals surface area contributed by atoms with Crippen LogP contribution in [0.5, 0.6) is 5.75 Å². The van der Waals surface area contributed by atoms with Crippen LogP contribution in [0, 0.1) is 5.82 Å². The van der Waals surface area contributed by atoms with Gasteiger partial charge in [0.25, 0.3) is 0 Å². The number of hydrogen-bond acceptors (Lipinski definition) is 3. The van der Waals surface area contributed by atoms with Gasteiger partial charge in [-0.25, -0.2) is 4.39 Å². The van der Waals surface area contributed by atoms with E-state index in [1.165, 1.54) is 23.9 Å². The highest BCUT2D eigenvalue weighted by atomic mass is 32.2. The molecule has 1 aromatic carbocycles. The van der Waals surface area contributed by atoms with Crippen molar-refractivity contribution >= 4 is 11.8 Å². The van der Waals surface area contributed by atoms with Gasteiger partial charge in [0.2, 0.25) is 0 Å². The maximum absolute atomic E-state index is 13.0. The van der Waals surface area contributed by atoms with E-state index in [2.05, 4.69) is 0 Å². The average Bonchev–Trinajstić information content (AvgIpc) is 2.17. The Labute approximate surface area is 87.4 Å². The fourth-order valence-electron chi connectivity index (χ4n) is 0.981. The molecule has 1 rings (SSSR count). The number of halogens is 1. The molecule has 0 heterocycles. The maximum Gasteiger partial charge on any atom is 0.128 e. The monoisotopic (exact) mass is 216 g/mol. The zero-order chi connectivity index (χ0) is 10.4. The third kappa shape index (κ3) is 3.55. The summed E-state index contributed by atoms with van der Waals surface area (Å²) < 4.78 is 23.1. The molecular formula is C10H13FO2S. The Bertz CT molecular complexity index is 291. The van der Waals surface area contributed by atoms with Crippen molar-refractivity contribution < 1.29 is 13.9 Å². The summed E-state index contributed by atoms with van der Waals surface area (Å²) in [4.78, 5) is 0.859. The zero-order valence-electron chi connectivity index (χ0n) is 8.25. The lowest BCUT2D eigenvalue weighted by Gasteiger charge is -2.06. The van der Waals surface area contributed by atoms with Crippen LogP contribution in [0.1, 0.15) is 0 Å². The van der Waals surface area contributed by atoms with Crippen LogP contribution < -0.4 is 4.74 Å². The molecule has 0 spiro atoms. The van der Waals surface area contributed by atoms with Crippen molar-refractivity contribution in [1.82, 2.24) is 0 Å². The molecule has 78 valence electrons. The van der Waals surface area contributed by atoms with E-state index in [0.29, 0.717) is 19.0 Å². The quantitative estimate of drug-likeness (QED) is 0.556. The Morgan fingerprint density at radius 1 is 1.29 bits per heavy atom. The number of methoxy groups -OCH3 is 1. The zero-order valence-corrected chi connectivity index (χ0v) is 9.07. The summed E-state index contributed by atoms with van der Waals surface area (Å²) in [5, 5.41) is 0. The topological polar surface area (TPSA) is 18.5 Å². The normalized spacial score (nSPS) is 10.2. The van der Waals surface area contributed by atoms with Gasteiger partial charge >= 0.3 is 0 Å². The maximum atomic E-state index is 13.0. The van der Waals surface area contributed by atoms with Gasteiger partial charge in [0.15, 0.2) is 0 Å². The summed E-state index contributed by atoms with van der Waals surface area (Å²) in [5.41, 5.74) is 0. The molecule has 1 aromatic rings. The highest BCUT2D eigenvalue weighted by molar-refractivity contribution is 7.98. The second-order valence-electron chi connectivity index (χ2n) is 2.67. The number of thioether (sulfide) groups is 1. The lowest BCUT2D eigenvalue weighted by Crippen LogP contribution is -2.04. The minimum atomic E-state index is -0.274. The fourth-order valence-corrected chi connectivity index (χ4v) is 1.45. The predicted octanol–water partition coefficient (Wildman–Crippen LogP) is 2.57. The first-order valence-electron chi connectivity index (χ1n) is 4.22. The summed E-state index contributed by atoms with van der Waals surface area (Å²) in [6.07, 6.45) is 1.90. The second kappa shape index (κ2) is 5.88. The summed E-state index contributed by atoms with van der Waals surface area (Å²) in [7, 11) is 1.60. The molecule has 0 bridgehead atoms. The highest BCUT2D eigenvalue weighted by Crippen LogP contribution is 2.22. The number of benzene rings is 1. The molecule has 0 unspecified atom stereocenters. The molecule has 0 aromatic heterocycles. The van der Waals surface area contributed by atoms with Crippen LogP contribution in [0.2, 0.25) is 0 Å². The van der Waals surface area contributed by atoms with Crippen molar-refractivity contribution in [3.05, 3.63) is 24.0 Å². The van der Waals surface area contributed by atoms with Gasteiger partial charge in [0.05, 0.1) is 6.61 Å². The van der Waals surface area contributed by atoms with Crippen molar-refractivity contribution in [2.24, 2.45) is 0 Å². The number of ether oxygens (including phenoxy) is 2. The van der Waals surface area contributed by atoms with Gasteiger partial charge in [-0.3, -0.25) is 0 Å². The first-order valence-corrected chi connectivity index (χ1v) is 5.45. The Morgan fingerprint density at radius 2 is 2.07 bits per heavy atom. The Kier molecular flexibility index (Phi) is 4.76. The van der Waals surface area contributed by atoms with Gasteiger partial charge in [0.1, 0.15) is 18.2 Å². The third-order valence-corrected chi connectivity index (χ3v) is 2.34. The molecule has 2 nitrogen and oxygen atoms in total. The molecule has 0 fully saturated rings. The lowest BCUT2D eigenvalue weighted by molar-refractivity contribution is 0.146. The van der Waals surface area contributed by atoms with Crippen LogP contribution in [0.25, 0.3) is 0 Å². The first-order chi connectivity index (χ1) is 6.76. The SMILES string of the molecule is COCCOc1cc(F)cc(SC)c1. The van der Waals surface area contributed by atoms with Crippen LogP contribution in [0.4, 0.5) is 4.39 Å². The van der Waals surface area contributed by atoms with Crippen LogP contribution in [-0.2, 0) is 4.74 Å². The first kappa shape index (κ1) is 11.3. The van der Waals surface area contributed by atoms with Gasteiger partial charge in [0, 0.05) is 18.1 Å². The Hall–Kier alpha value is -0.740. The van der Waals surface area contributed by atoms with Crippen molar-refractivity contribution in [3.63, 3.8) is 0 Å². The minimum Gasteiger partial charge on any atom is -0.491 e. The largest absolute Gasteiger partial charge is 0.491 e. The van der Waals surface area contributed by atoms with Gasteiger partial charge in [-0.15, -0.1) is 11.8 Å². The van der Waals surface area contributed by atoms with Crippen molar-refractivity contribution in [3.8, 4) is 5.75 Å². The average molecular weight is 216 g/mol. The fraction of sp³-hybridized carbons (Fsp3) is 0.400. The van der Waals surface area contributed by atoms with Crippen LogP contribution in [0.3, 0.4) is 0 Å². The highest BCUT2D eigenvalue weighted by Gasteiger charge is 2.00. The van der Waals surface area contributed by atoms with E-state index in [-0.39, 0.29) is 5.82 Å². The summed E-state index contributed by atoms with van der Waals surface area (Å²) in [6.45, 7) is 0.943. The molecule has 0 radical (unpaired) electrons. The Morgan fingerprint density at radius 3 is 2.71 bits per heavy atom. The van der Waals surface area contributed by atoms with E-state index < -0.39 is 0 Å². The van der Waals surface area contributed by atoms with Gasteiger partial charge < -0.3 is 9.47 Å². The van der Waals surface area contributed by atoms with E-state index >= 15 is 0 Å². The van der Waals surface area contributed by atoms with Crippen molar-refractivity contribution in [2.75, 3.05) is 26.6 Å². The standard InChI is InChI=1S/C10H13FO2S/c1-12-3-4-13-9-5-8(11)6-10(7-9)14-2/h5-7H,3-4H2,1-2H3. The molecule has 0 aliphatic carbocycles. The molecule has 0 saturated heterocycles. The lowest BCUT2D eigenvalue weighted by atomic mass is 10.3. The van der Waals surface area contributed by atoms with Crippen LogP contribution in [-0.4, -0.2) is 26.6 Å². The molecular weight excluding hydrogens is 203 g/mol. The number of hydrogen-bond donors (Lipinski definition) is 0. The smallest absolute Gasteiger partial charge is 0.128 e. The molecule has 0 atom stereocenters. The number of rotatable bonds is 5. The molecule has 4 heteroatoms. The van der Waals surface area contributed by atoms with Crippen LogP contribution in [0.15, 0.2) is 23.1 Å². The molecule has 0 aliphatic heterocycles.